The summed E-state index contributed by atoms with van der Waals surface area (Å²) in [6.45, 7) is 4.89. The van der Waals surface area contributed by atoms with Gasteiger partial charge in [0.1, 0.15) is 13.2 Å². The van der Waals surface area contributed by atoms with Crippen LogP contribution >= 0.6 is 0 Å². The lowest BCUT2D eigenvalue weighted by Crippen LogP contribution is -2.40. The van der Waals surface area contributed by atoms with Crippen molar-refractivity contribution < 1.29 is 42.9 Å². The first kappa shape index (κ1) is 59.8. The van der Waals surface area contributed by atoms with Crippen LogP contribution in [-0.2, 0) is 33.3 Å². The van der Waals surface area contributed by atoms with E-state index in [1.54, 1.807) is 0 Å². The third-order valence-corrected chi connectivity index (χ3v) is 11.5. The van der Waals surface area contributed by atoms with E-state index in [-0.39, 0.29) is 32.2 Å². The Morgan fingerprint density at radius 2 is 0.871 bits per heavy atom. The first-order chi connectivity index (χ1) is 30.1. The molecule has 0 saturated carbocycles. The number of ether oxygens (including phenoxy) is 4. The number of unbranched alkanes of at least 4 members (excludes halogenated alkanes) is 29. The van der Waals surface area contributed by atoms with Crippen LogP contribution in [-0.4, -0.2) is 87.4 Å². The number of quaternary nitrogens is 1. The summed E-state index contributed by atoms with van der Waals surface area (Å²) in [6.07, 6.45) is 48.1. The smallest absolute Gasteiger partial charge is 0.361 e. The standard InChI is InChI=1S/C53H99NO8/c1-6-8-10-12-14-16-18-20-22-23-24-25-26-27-28-29-30-32-34-36-38-40-42-44-51(56)62-49(48-61-53(52(57)58)59-46-45-54(3,4)5)47-60-50(55)43-41-39-37-35-33-31-21-19-17-15-13-11-9-7-2/h18,20,23-24,49,53H,6-17,19,21-22,25-48H2,1-5H3/p+1/b20-18-,24-23-. The van der Waals surface area contributed by atoms with Crippen LogP contribution in [0.25, 0.3) is 0 Å². The lowest BCUT2D eigenvalue weighted by Gasteiger charge is -2.25. The van der Waals surface area contributed by atoms with E-state index >= 15 is 0 Å². The maximum Gasteiger partial charge on any atom is 0.361 e. The van der Waals surface area contributed by atoms with Crippen molar-refractivity contribution in [1.82, 2.24) is 0 Å². The topological polar surface area (TPSA) is 108 Å². The minimum absolute atomic E-state index is 0.178. The molecule has 0 rings (SSSR count). The fourth-order valence-electron chi connectivity index (χ4n) is 7.40. The molecule has 1 N–H and O–H groups in total. The molecule has 2 unspecified atom stereocenters. The van der Waals surface area contributed by atoms with Gasteiger partial charge in [0.15, 0.2) is 6.10 Å². The van der Waals surface area contributed by atoms with Crippen LogP contribution in [0.4, 0.5) is 0 Å². The second-order valence-electron chi connectivity index (χ2n) is 18.8. The monoisotopic (exact) mass is 879 g/mol. The number of carbonyl (C=O) groups excluding carboxylic acids is 2. The van der Waals surface area contributed by atoms with Gasteiger partial charge in [0.2, 0.25) is 0 Å². The van der Waals surface area contributed by atoms with E-state index in [0.717, 1.165) is 44.9 Å². The predicted molar refractivity (Wildman–Crippen MR) is 258 cm³/mol. The molecular weight excluding hydrogens is 779 g/mol. The van der Waals surface area contributed by atoms with Crippen molar-refractivity contribution in [1.29, 1.82) is 0 Å². The van der Waals surface area contributed by atoms with Crippen molar-refractivity contribution >= 4 is 17.9 Å². The lowest BCUT2D eigenvalue weighted by atomic mass is 10.0. The molecular formula is C53H100NO8+. The lowest BCUT2D eigenvalue weighted by molar-refractivity contribution is -0.870. The van der Waals surface area contributed by atoms with E-state index in [9.17, 15) is 19.5 Å². The number of carboxylic acids is 1. The fraction of sp³-hybridized carbons (Fsp3) is 0.868. The minimum atomic E-state index is -1.51. The van der Waals surface area contributed by atoms with Gasteiger partial charge in [0.25, 0.3) is 6.29 Å². The van der Waals surface area contributed by atoms with Crippen LogP contribution in [0.15, 0.2) is 24.3 Å². The predicted octanol–water partition coefficient (Wildman–Crippen LogP) is 14.4. The Morgan fingerprint density at radius 3 is 1.27 bits per heavy atom. The van der Waals surface area contributed by atoms with Gasteiger partial charge in [-0.2, -0.15) is 0 Å². The van der Waals surface area contributed by atoms with Gasteiger partial charge in [-0.3, -0.25) is 9.59 Å². The van der Waals surface area contributed by atoms with Crippen LogP contribution in [0, 0.1) is 0 Å². The zero-order valence-electron chi connectivity index (χ0n) is 41.3. The molecule has 364 valence electrons. The Bertz CT molecular complexity index is 1070. The number of hydrogen-bond donors (Lipinski definition) is 1. The number of carboxylic acid groups (broad SMARTS) is 1. The first-order valence-electron chi connectivity index (χ1n) is 26.0. The van der Waals surface area contributed by atoms with Crippen LogP contribution in [0.3, 0.4) is 0 Å². The van der Waals surface area contributed by atoms with E-state index in [4.69, 9.17) is 18.9 Å². The molecule has 0 aromatic heterocycles. The SMILES string of the molecule is CCCCCCC/C=C\C/C=C\CCCCCCCCCCCCCC(=O)OC(COC(=O)CCCCCCCCCCCCCCCC)COC(OCC[N+](C)(C)C)C(=O)O. The highest BCUT2D eigenvalue weighted by Crippen LogP contribution is 2.16. The summed E-state index contributed by atoms with van der Waals surface area (Å²) in [5.74, 6) is -1.99. The second kappa shape index (κ2) is 45.3. The molecule has 0 aliphatic heterocycles. The van der Waals surface area contributed by atoms with Crippen molar-refractivity contribution in [2.45, 2.75) is 251 Å². The molecule has 0 aromatic rings. The van der Waals surface area contributed by atoms with Gasteiger partial charge in [-0.1, -0.05) is 205 Å². The van der Waals surface area contributed by atoms with Gasteiger partial charge in [-0.15, -0.1) is 0 Å². The highest BCUT2D eigenvalue weighted by atomic mass is 16.7. The molecule has 0 bridgehead atoms. The summed E-state index contributed by atoms with van der Waals surface area (Å²) in [7, 11) is 5.97. The largest absolute Gasteiger partial charge is 0.477 e. The molecule has 0 radical (unpaired) electrons. The summed E-state index contributed by atoms with van der Waals surface area (Å²) >= 11 is 0. The van der Waals surface area contributed by atoms with Crippen molar-refractivity contribution in [2.75, 3.05) is 47.5 Å². The van der Waals surface area contributed by atoms with E-state index in [2.05, 4.69) is 38.2 Å². The van der Waals surface area contributed by atoms with Crippen LogP contribution in [0.5, 0.6) is 0 Å². The minimum Gasteiger partial charge on any atom is -0.477 e. The molecule has 0 fully saturated rings. The number of allylic oxidation sites excluding steroid dienone is 4. The molecule has 0 aliphatic rings. The molecule has 0 heterocycles. The number of hydrogen-bond acceptors (Lipinski definition) is 7. The molecule has 2 atom stereocenters. The summed E-state index contributed by atoms with van der Waals surface area (Å²) in [5, 5.41) is 9.66. The van der Waals surface area contributed by atoms with Crippen molar-refractivity contribution in [3.05, 3.63) is 24.3 Å². The summed E-state index contributed by atoms with van der Waals surface area (Å²) in [4.78, 5) is 37.2. The maximum absolute atomic E-state index is 12.8. The highest BCUT2D eigenvalue weighted by Gasteiger charge is 2.25. The Kier molecular flexibility index (Phi) is 43.7. The van der Waals surface area contributed by atoms with Crippen LogP contribution < -0.4 is 0 Å². The van der Waals surface area contributed by atoms with Crippen LogP contribution in [0.1, 0.15) is 239 Å². The number of nitrogens with zero attached hydrogens (tertiary/aromatic N) is 1. The average molecular weight is 879 g/mol. The van der Waals surface area contributed by atoms with Gasteiger partial charge >= 0.3 is 17.9 Å². The highest BCUT2D eigenvalue weighted by molar-refractivity contribution is 5.71. The van der Waals surface area contributed by atoms with Crippen LogP contribution in [0.2, 0.25) is 0 Å². The van der Waals surface area contributed by atoms with Gasteiger partial charge in [0, 0.05) is 12.8 Å². The third-order valence-electron chi connectivity index (χ3n) is 11.5. The third kappa shape index (κ3) is 45.8. The zero-order chi connectivity index (χ0) is 45.6. The molecule has 62 heavy (non-hydrogen) atoms. The average Bonchev–Trinajstić information content (AvgIpc) is 3.23. The Hall–Kier alpha value is -2.23. The summed E-state index contributed by atoms with van der Waals surface area (Å²) in [5.41, 5.74) is 0. The second-order valence-corrected chi connectivity index (χ2v) is 18.8. The van der Waals surface area contributed by atoms with E-state index in [0.29, 0.717) is 17.4 Å². The Morgan fingerprint density at radius 1 is 0.484 bits per heavy atom. The van der Waals surface area contributed by atoms with E-state index < -0.39 is 24.3 Å². The molecule has 0 amide bonds. The molecule has 9 heteroatoms. The quantitative estimate of drug-likeness (QED) is 0.0212. The fourth-order valence-corrected chi connectivity index (χ4v) is 7.40. The van der Waals surface area contributed by atoms with E-state index in [1.165, 1.54) is 167 Å². The molecule has 0 saturated heterocycles. The van der Waals surface area contributed by atoms with Crippen molar-refractivity contribution in [3.63, 3.8) is 0 Å². The molecule has 0 spiro atoms. The number of rotatable bonds is 48. The zero-order valence-corrected chi connectivity index (χ0v) is 41.3. The molecule has 0 aromatic carbocycles. The first-order valence-corrected chi connectivity index (χ1v) is 26.0. The number of carbonyl (C=O) groups is 3. The number of likely N-dealkylation sites (N-methyl/N-ethyl adjacent to an activating group) is 1. The van der Waals surface area contributed by atoms with Gasteiger partial charge in [-0.25, -0.2) is 4.79 Å². The molecule has 9 nitrogen and oxygen atoms in total. The molecule has 0 aliphatic carbocycles. The van der Waals surface area contributed by atoms with Crippen molar-refractivity contribution in [3.8, 4) is 0 Å². The number of esters is 2. The van der Waals surface area contributed by atoms with Gasteiger partial charge in [0.05, 0.1) is 34.4 Å². The normalized spacial score (nSPS) is 13.0. The van der Waals surface area contributed by atoms with Crippen molar-refractivity contribution in [2.24, 2.45) is 0 Å². The Labute approximate surface area is 382 Å². The maximum atomic E-state index is 12.8. The van der Waals surface area contributed by atoms with Gasteiger partial charge < -0.3 is 28.5 Å². The number of aliphatic carboxylic acids is 1. The summed E-state index contributed by atoms with van der Waals surface area (Å²) < 4.78 is 22.8. The van der Waals surface area contributed by atoms with Gasteiger partial charge in [-0.05, 0) is 44.9 Å². The Balaban J connectivity index is 4.28. The van der Waals surface area contributed by atoms with E-state index in [1.807, 2.05) is 21.1 Å². The summed E-state index contributed by atoms with van der Waals surface area (Å²) in [6, 6.07) is 0.